The third-order valence-electron chi connectivity index (χ3n) is 4.47. The first-order valence-electron chi connectivity index (χ1n) is 8.44. The van der Waals surface area contributed by atoms with Crippen molar-refractivity contribution in [3.8, 4) is 5.75 Å². The van der Waals surface area contributed by atoms with Gasteiger partial charge >= 0.3 is 0 Å². The number of hydrogen-bond donors (Lipinski definition) is 1. The standard InChI is InChI=1S/C18H23ClN4O2/c1-13-11-14(19)3-4-16(13)25-12-18(24)21-17-5-8-20-23(17)15-6-9-22(2)10-7-15/h3-5,8,11,15H,6-7,9-10,12H2,1-2H3,(H,21,24). The van der Waals surface area contributed by atoms with Gasteiger partial charge in [0.2, 0.25) is 0 Å². The molecule has 1 aromatic carbocycles. The lowest BCUT2D eigenvalue weighted by atomic mass is 10.1. The Balaban J connectivity index is 1.57. The lowest BCUT2D eigenvalue weighted by molar-refractivity contribution is -0.118. The van der Waals surface area contributed by atoms with Crippen molar-refractivity contribution in [2.75, 3.05) is 32.1 Å². The Bertz CT molecular complexity index is 738. The maximum Gasteiger partial charge on any atom is 0.263 e. The van der Waals surface area contributed by atoms with Crippen LogP contribution < -0.4 is 10.1 Å². The van der Waals surface area contributed by atoms with Gasteiger partial charge in [-0.3, -0.25) is 4.79 Å². The molecule has 134 valence electrons. The molecule has 0 radical (unpaired) electrons. The number of benzene rings is 1. The Hall–Kier alpha value is -2.05. The molecule has 1 fully saturated rings. The van der Waals surface area contributed by atoms with Crippen molar-refractivity contribution in [1.29, 1.82) is 0 Å². The van der Waals surface area contributed by atoms with E-state index in [2.05, 4.69) is 22.4 Å². The van der Waals surface area contributed by atoms with Crippen LogP contribution in [0.1, 0.15) is 24.4 Å². The number of nitrogens with zero attached hydrogens (tertiary/aromatic N) is 3. The minimum Gasteiger partial charge on any atom is -0.483 e. The summed E-state index contributed by atoms with van der Waals surface area (Å²) < 4.78 is 7.51. The molecule has 3 rings (SSSR count). The van der Waals surface area contributed by atoms with E-state index in [0.29, 0.717) is 16.8 Å². The number of carbonyl (C=O) groups is 1. The number of ether oxygens (including phenoxy) is 1. The van der Waals surface area contributed by atoms with Gasteiger partial charge in [-0.15, -0.1) is 0 Å². The first-order valence-corrected chi connectivity index (χ1v) is 8.81. The topological polar surface area (TPSA) is 59.4 Å². The molecule has 0 aliphatic carbocycles. The first-order chi connectivity index (χ1) is 12.0. The van der Waals surface area contributed by atoms with Gasteiger partial charge in [0, 0.05) is 11.1 Å². The van der Waals surface area contributed by atoms with Gasteiger partial charge in [0.1, 0.15) is 11.6 Å². The molecule has 0 atom stereocenters. The monoisotopic (exact) mass is 362 g/mol. The van der Waals surface area contributed by atoms with Gasteiger partial charge < -0.3 is 15.0 Å². The zero-order chi connectivity index (χ0) is 17.8. The van der Waals surface area contributed by atoms with E-state index in [1.807, 2.05) is 23.7 Å². The highest BCUT2D eigenvalue weighted by Gasteiger charge is 2.21. The van der Waals surface area contributed by atoms with E-state index in [1.165, 1.54) is 0 Å². The number of aryl methyl sites for hydroxylation is 1. The van der Waals surface area contributed by atoms with Gasteiger partial charge in [-0.1, -0.05) is 11.6 Å². The number of anilines is 1. The van der Waals surface area contributed by atoms with Crippen molar-refractivity contribution in [3.63, 3.8) is 0 Å². The fraction of sp³-hybridized carbons (Fsp3) is 0.444. The zero-order valence-electron chi connectivity index (χ0n) is 14.5. The second kappa shape index (κ2) is 7.89. The van der Waals surface area contributed by atoms with Crippen LogP contribution >= 0.6 is 11.6 Å². The molecule has 7 heteroatoms. The minimum absolute atomic E-state index is 0.0545. The normalized spacial score (nSPS) is 16.0. The number of carbonyl (C=O) groups excluding carboxylic acids is 1. The SMILES string of the molecule is Cc1cc(Cl)ccc1OCC(=O)Nc1ccnn1C1CCN(C)CC1. The van der Waals surface area contributed by atoms with E-state index in [0.717, 1.165) is 37.3 Å². The number of likely N-dealkylation sites (tertiary alicyclic amines) is 1. The second-order valence-electron chi connectivity index (χ2n) is 6.44. The highest BCUT2D eigenvalue weighted by molar-refractivity contribution is 6.30. The number of piperidine rings is 1. The largest absolute Gasteiger partial charge is 0.483 e. The van der Waals surface area contributed by atoms with Gasteiger partial charge in [0.15, 0.2) is 6.61 Å². The Morgan fingerprint density at radius 3 is 2.84 bits per heavy atom. The van der Waals surface area contributed by atoms with Crippen LogP contribution in [0.2, 0.25) is 5.02 Å². The Kier molecular flexibility index (Phi) is 5.60. The van der Waals surface area contributed by atoms with E-state index in [-0.39, 0.29) is 12.5 Å². The van der Waals surface area contributed by atoms with E-state index in [4.69, 9.17) is 16.3 Å². The van der Waals surface area contributed by atoms with Crippen LogP contribution in [0.3, 0.4) is 0 Å². The Morgan fingerprint density at radius 2 is 2.12 bits per heavy atom. The van der Waals surface area contributed by atoms with Gasteiger partial charge in [-0.2, -0.15) is 5.10 Å². The summed E-state index contributed by atoms with van der Waals surface area (Å²) in [5.74, 6) is 1.17. The van der Waals surface area contributed by atoms with Crippen LogP contribution in [0.5, 0.6) is 5.75 Å². The second-order valence-corrected chi connectivity index (χ2v) is 6.88. The molecule has 2 aromatic rings. The fourth-order valence-electron chi connectivity index (χ4n) is 3.04. The third-order valence-corrected chi connectivity index (χ3v) is 4.70. The predicted octanol–water partition coefficient (Wildman–Crippen LogP) is 3.13. The molecular weight excluding hydrogens is 340 g/mol. The van der Waals surface area contributed by atoms with Crippen molar-refractivity contribution < 1.29 is 9.53 Å². The molecule has 1 amide bonds. The van der Waals surface area contributed by atoms with E-state index < -0.39 is 0 Å². The lowest BCUT2D eigenvalue weighted by Crippen LogP contribution is -2.32. The summed E-state index contributed by atoms with van der Waals surface area (Å²) in [6, 6.07) is 7.47. The van der Waals surface area contributed by atoms with Crippen molar-refractivity contribution in [1.82, 2.24) is 14.7 Å². The number of rotatable bonds is 5. The lowest BCUT2D eigenvalue weighted by Gasteiger charge is -2.30. The maximum absolute atomic E-state index is 12.2. The third kappa shape index (κ3) is 4.52. The van der Waals surface area contributed by atoms with Crippen LogP contribution in [0, 0.1) is 6.92 Å². The van der Waals surface area contributed by atoms with Crippen molar-refractivity contribution in [2.24, 2.45) is 0 Å². The Morgan fingerprint density at radius 1 is 1.36 bits per heavy atom. The quantitative estimate of drug-likeness (QED) is 0.887. The van der Waals surface area contributed by atoms with Gasteiger partial charge in [0.05, 0.1) is 12.2 Å². The minimum atomic E-state index is -0.205. The molecule has 1 aliphatic rings. The van der Waals surface area contributed by atoms with Gasteiger partial charge in [0.25, 0.3) is 5.91 Å². The molecule has 6 nitrogen and oxygen atoms in total. The van der Waals surface area contributed by atoms with Crippen molar-refractivity contribution in [3.05, 3.63) is 41.0 Å². The van der Waals surface area contributed by atoms with E-state index in [9.17, 15) is 4.79 Å². The summed E-state index contributed by atoms with van der Waals surface area (Å²) in [6.45, 7) is 3.92. The molecule has 1 N–H and O–H groups in total. The molecular formula is C18H23ClN4O2. The first kappa shape index (κ1) is 17.8. The maximum atomic E-state index is 12.2. The number of hydrogen-bond acceptors (Lipinski definition) is 4. The van der Waals surface area contributed by atoms with Crippen LogP contribution in [0.4, 0.5) is 5.82 Å². The van der Waals surface area contributed by atoms with Crippen molar-refractivity contribution >= 4 is 23.3 Å². The van der Waals surface area contributed by atoms with Crippen LogP contribution in [-0.4, -0.2) is 47.3 Å². The Labute approximate surface area is 152 Å². The summed E-state index contributed by atoms with van der Waals surface area (Å²) in [6.07, 6.45) is 3.78. The number of amides is 1. The average molecular weight is 363 g/mol. The predicted molar refractivity (Wildman–Crippen MR) is 98.3 cm³/mol. The summed E-state index contributed by atoms with van der Waals surface area (Å²) in [5.41, 5.74) is 0.900. The smallest absolute Gasteiger partial charge is 0.263 e. The summed E-state index contributed by atoms with van der Waals surface area (Å²) in [7, 11) is 2.12. The molecule has 0 unspecified atom stereocenters. The molecule has 0 bridgehead atoms. The van der Waals surface area contributed by atoms with Crippen LogP contribution in [0.15, 0.2) is 30.5 Å². The molecule has 0 saturated carbocycles. The molecule has 25 heavy (non-hydrogen) atoms. The average Bonchev–Trinajstić information content (AvgIpc) is 3.03. The van der Waals surface area contributed by atoms with Crippen LogP contribution in [-0.2, 0) is 4.79 Å². The molecule has 1 saturated heterocycles. The molecule has 2 heterocycles. The number of nitrogens with one attached hydrogen (secondary N) is 1. The summed E-state index contributed by atoms with van der Waals surface area (Å²) in [4.78, 5) is 14.5. The van der Waals surface area contributed by atoms with Crippen LogP contribution in [0.25, 0.3) is 0 Å². The molecule has 1 aliphatic heterocycles. The highest BCUT2D eigenvalue weighted by atomic mass is 35.5. The number of halogens is 1. The number of aromatic nitrogens is 2. The van der Waals surface area contributed by atoms with Gasteiger partial charge in [-0.25, -0.2) is 4.68 Å². The van der Waals surface area contributed by atoms with E-state index in [1.54, 1.807) is 18.3 Å². The summed E-state index contributed by atoms with van der Waals surface area (Å²) in [5, 5.41) is 7.93. The zero-order valence-corrected chi connectivity index (χ0v) is 15.3. The van der Waals surface area contributed by atoms with E-state index >= 15 is 0 Å². The van der Waals surface area contributed by atoms with Crippen molar-refractivity contribution in [2.45, 2.75) is 25.8 Å². The molecule has 1 aromatic heterocycles. The van der Waals surface area contributed by atoms with Gasteiger partial charge in [-0.05, 0) is 63.7 Å². The highest BCUT2D eigenvalue weighted by Crippen LogP contribution is 2.25. The summed E-state index contributed by atoms with van der Waals surface area (Å²) >= 11 is 5.93. The fourth-order valence-corrected chi connectivity index (χ4v) is 3.27. The molecule has 0 spiro atoms.